The number of hydrogen-bond acceptors (Lipinski definition) is 4. The number of aliphatic hydroxyl groups is 1. The zero-order chi connectivity index (χ0) is 13.4. The molecule has 3 atom stereocenters. The van der Waals surface area contributed by atoms with Crippen LogP contribution >= 0.6 is 11.8 Å². The predicted octanol–water partition coefficient (Wildman–Crippen LogP) is 2.63. The summed E-state index contributed by atoms with van der Waals surface area (Å²) < 4.78 is 0. The Kier molecular flexibility index (Phi) is 3.16. The van der Waals surface area contributed by atoms with Crippen molar-refractivity contribution >= 4 is 22.5 Å². The summed E-state index contributed by atoms with van der Waals surface area (Å²) in [7, 11) is 0. The number of rotatable bonds is 2. The van der Waals surface area contributed by atoms with Gasteiger partial charge in [0.15, 0.2) is 0 Å². The molecule has 0 aliphatic carbocycles. The molecule has 1 N–H and O–H groups in total. The maximum atomic E-state index is 11.2. The fraction of sp³-hybridized carbons (Fsp3) is 0.286. The molecule has 5 heteroatoms. The molecule has 0 bridgehead atoms. The average Bonchev–Trinajstić information content (AvgIpc) is 2.80. The van der Waals surface area contributed by atoms with Crippen LogP contribution in [0.4, 0.5) is 0 Å². The second-order valence-electron chi connectivity index (χ2n) is 4.67. The molecule has 1 fully saturated rings. The van der Waals surface area contributed by atoms with Crippen LogP contribution in [-0.2, 0) is 0 Å². The molecule has 0 spiro atoms. The van der Waals surface area contributed by atoms with Gasteiger partial charge < -0.3 is 5.11 Å². The third-order valence-corrected chi connectivity index (χ3v) is 4.95. The van der Waals surface area contributed by atoms with E-state index in [2.05, 4.69) is 0 Å². The second-order valence-corrected chi connectivity index (χ2v) is 5.84. The lowest BCUT2D eigenvalue weighted by atomic mass is 9.97. The lowest BCUT2D eigenvalue weighted by Crippen LogP contribution is -2.33. The first-order chi connectivity index (χ1) is 9.18. The summed E-state index contributed by atoms with van der Waals surface area (Å²) in [5.74, 6) is 0.416. The molecule has 1 saturated heterocycles. The minimum absolute atomic E-state index is 0.281. The van der Waals surface area contributed by atoms with Gasteiger partial charge in [0.1, 0.15) is 11.4 Å². The SMILES string of the molecule is O=[N+]([O-])[C@H]1C(O)CS[C@@H]1c1cccc2ccccc12. The zero-order valence-corrected chi connectivity index (χ0v) is 10.9. The fourth-order valence-electron chi connectivity index (χ4n) is 2.62. The van der Waals surface area contributed by atoms with Crippen molar-refractivity contribution in [3.8, 4) is 0 Å². The highest BCUT2D eigenvalue weighted by Gasteiger charge is 2.46. The molecule has 0 saturated carbocycles. The molecule has 1 unspecified atom stereocenters. The van der Waals surface area contributed by atoms with Gasteiger partial charge in [-0.05, 0) is 16.3 Å². The molecule has 4 nitrogen and oxygen atoms in total. The smallest absolute Gasteiger partial charge is 0.255 e. The Balaban J connectivity index is 2.11. The lowest BCUT2D eigenvalue weighted by Gasteiger charge is -2.16. The van der Waals surface area contributed by atoms with E-state index in [0.717, 1.165) is 16.3 Å². The van der Waals surface area contributed by atoms with Crippen LogP contribution in [0.5, 0.6) is 0 Å². The van der Waals surface area contributed by atoms with E-state index in [9.17, 15) is 15.2 Å². The van der Waals surface area contributed by atoms with E-state index in [1.54, 1.807) is 0 Å². The van der Waals surface area contributed by atoms with Gasteiger partial charge in [0.05, 0.1) is 0 Å². The number of nitrogens with zero attached hydrogens (tertiary/aromatic N) is 1. The minimum atomic E-state index is -0.921. The highest BCUT2D eigenvalue weighted by molar-refractivity contribution is 7.99. The lowest BCUT2D eigenvalue weighted by molar-refractivity contribution is -0.531. The molecule has 2 aromatic carbocycles. The van der Waals surface area contributed by atoms with E-state index in [4.69, 9.17) is 0 Å². The minimum Gasteiger partial charge on any atom is -0.385 e. The fourth-order valence-corrected chi connectivity index (χ4v) is 4.09. The summed E-state index contributed by atoms with van der Waals surface area (Å²) in [6.07, 6.45) is -0.871. The van der Waals surface area contributed by atoms with Crippen LogP contribution in [0, 0.1) is 10.1 Å². The molecule has 98 valence electrons. The monoisotopic (exact) mass is 275 g/mol. The summed E-state index contributed by atoms with van der Waals surface area (Å²) in [6.45, 7) is 0. The number of hydrogen-bond donors (Lipinski definition) is 1. The predicted molar refractivity (Wildman–Crippen MR) is 75.9 cm³/mol. The van der Waals surface area contributed by atoms with Crippen molar-refractivity contribution in [2.24, 2.45) is 0 Å². The van der Waals surface area contributed by atoms with Gasteiger partial charge >= 0.3 is 0 Å². The molecular weight excluding hydrogens is 262 g/mol. The maximum absolute atomic E-state index is 11.2. The Hall–Kier alpha value is -1.59. The summed E-state index contributed by atoms with van der Waals surface area (Å²) in [4.78, 5) is 10.8. The highest BCUT2D eigenvalue weighted by Crippen LogP contribution is 2.44. The van der Waals surface area contributed by atoms with Crippen molar-refractivity contribution in [3.05, 3.63) is 58.1 Å². The topological polar surface area (TPSA) is 63.4 Å². The first kappa shape index (κ1) is 12.4. The third kappa shape index (κ3) is 2.09. The molecule has 0 aromatic heterocycles. The van der Waals surface area contributed by atoms with Crippen LogP contribution < -0.4 is 0 Å². The molecule has 0 radical (unpaired) electrons. The van der Waals surface area contributed by atoms with E-state index in [1.807, 2.05) is 42.5 Å². The van der Waals surface area contributed by atoms with Gasteiger partial charge in [0.2, 0.25) is 0 Å². The van der Waals surface area contributed by atoms with Gasteiger partial charge in [-0.2, -0.15) is 0 Å². The van der Waals surface area contributed by atoms with Crippen molar-refractivity contribution in [2.75, 3.05) is 5.75 Å². The molecule has 1 aliphatic heterocycles. The first-order valence-corrected chi connectivity index (χ1v) is 7.14. The van der Waals surface area contributed by atoms with Crippen LogP contribution in [-0.4, -0.2) is 27.9 Å². The van der Waals surface area contributed by atoms with Crippen LogP contribution in [0.1, 0.15) is 10.8 Å². The summed E-state index contributed by atoms with van der Waals surface area (Å²) in [5.41, 5.74) is 0.946. The maximum Gasteiger partial charge on any atom is 0.255 e. The van der Waals surface area contributed by atoms with Gasteiger partial charge in [-0.25, -0.2) is 0 Å². The summed E-state index contributed by atoms with van der Waals surface area (Å²) >= 11 is 1.46. The van der Waals surface area contributed by atoms with Crippen molar-refractivity contribution in [1.82, 2.24) is 0 Å². The van der Waals surface area contributed by atoms with Crippen LogP contribution in [0.3, 0.4) is 0 Å². The number of aliphatic hydroxyl groups excluding tert-OH is 1. The molecule has 2 aromatic rings. The van der Waals surface area contributed by atoms with Crippen LogP contribution in [0.2, 0.25) is 0 Å². The van der Waals surface area contributed by atoms with Gasteiger partial charge in [-0.1, -0.05) is 42.5 Å². The zero-order valence-electron chi connectivity index (χ0n) is 10.1. The summed E-state index contributed by atoms with van der Waals surface area (Å²) in [5, 5.41) is 22.8. The van der Waals surface area contributed by atoms with E-state index in [-0.39, 0.29) is 10.2 Å². The highest BCUT2D eigenvalue weighted by atomic mass is 32.2. The molecule has 1 aliphatic rings. The third-order valence-electron chi connectivity index (χ3n) is 3.52. The molecule has 1 heterocycles. The molecule has 3 rings (SSSR count). The van der Waals surface area contributed by atoms with E-state index in [1.165, 1.54) is 11.8 Å². The van der Waals surface area contributed by atoms with Crippen LogP contribution in [0.15, 0.2) is 42.5 Å². The van der Waals surface area contributed by atoms with Crippen molar-refractivity contribution in [1.29, 1.82) is 0 Å². The number of fused-ring (bicyclic) bond motifs is 1. The molecule has 19 heavy (non-hydrogen) atoms. The number of thioether (sulfide) groups is 1. The normalized spacial score (nSPS) is 26.7. The van der Waals surface area contributed by atoms with Crippen molar-refractivity contribution < 1.29 is 10.0 Å². The standard InChI is InChI=1S/C14H13NO3S/c16-12-8-19-14(13(12)15(17)18)11-7-3-5-9-4-1-2-6-10(9)11/h1-7,12-14,16H,8H2/t12?,13-,14+/m0/s1. The van der Waals surface area contributed by atoms with Gasteiger partial charge in [-0.3, -0.25) is 10.1 Å². The van der Waals surface area contributed by atoms with E-state index < -0.39 is 12.1 Å². The van der Waals surface area contributed by atoms with Gasteiger partial charge in [0.25, 0.3) is 6.04 Å². The Morgan fingerprint density at radius 3 is 2.74 bits per heavy atom. The van der Waals surface area contributed by atoms with E-state index >= 15 is 0 Å². The van der Waals surface area contributed by atoms with Gasteiger partial charge in [-0.15, -0.1) is 11.8 Å². The second kappa shape index (κ2) is 4.83. The van der Waals surface area contributed by atoms with E-state index in [0.29, 0.717) is 5.75 Å². The first-order valence-electron chi connectivity index (χ1n) is 6.09. The number of nitro groups is 1. The van der Waals surface area contributed by atoms with Gasteiger partial charge in [0, 0.05) is 10.7 Å². The largest absolute Gasteiger partial charge is 0.385 e. The number of benzene rings is 2. The summed E-state index contributed by atoms with van der Waals surface area (Å²) in [6, 6.07) is 12.8. The quantitative estimate of drug-likeness (QED) is 0.676. The molecular formula is C14H13NO3S. The van der Waals surface area contributed by atoms with Crippen molar-refractivity contribution in [2.45, 2.75) is 17.4 Å². The Labute approximate surface area is 114 Å². The molecule has 0 amide bonds. The average molecular weight is 275 g/mol. The van der Waals surface area contributed by atoms with Crippen molar-refractivity contribution in [3.63, 3.8) is 0 Å². The Bertz CT molecular complexity index is 626. The Morgan fingerprint density at radius 1 is 1.21 bits per heavy atom. The Morgan fingerprint density at radius 2 is 1.95 bits per heavy atom. The van der Waals surface area contributed by atoms with Crippen LogP contribution in [0.25, 0.3) is 10.8 Å².